The summed E-state index contributed by atoms with van der Waals surface area (Å²) in [6.07, 6.45) is 4.77. The number of pyridine rings is 1. The summed E-state index contributed by atoms with van der Waals surface area (Å²) in [5.74, 6) is -0.108. The van der Waals surface area contributed by atoms with Crippen LogP contribution in [-0.2, 0) is 12.8 Å². The smallest absolute Gasteiger partial charge is 0.135 e. The third kappa shape index (κ3) is 2.11. The molecule has 3 heteroatoms. The van der Waals surface area contributed by atoms with Crippen molar-refractivity contribution >= 4 is 5.69 Å². The van der Waals surface area contributed by atoms with Crippen LogP contribution < -0.4 is 5.32 Å². The maximum absolute atomic E-state index is 15.3. The van der Waals surface area contributed by atoms with Crippen LogP contribution in [0.25, 0.3) is 0 Å². The molecule has 1 aliphatic carbocycles. The minimum Gasteiger partial charge on any atom is -0.384 e. The molecule has 2 aromatic rings. The summed E-state index contributed by atoms with van der Waals surface area (Å²) in [6.45, 7) is 0.915. The predicted molar refractivity (Wildman–Crippen MR) is 82.4 cm³/mol. The van der Waals surface area contributed by atoms with Crippen LogP contribution in [0.2, 0.25) is 0 Å². The first-order valence-electron chi connectivity index (χ1n) is 7.78. The number of hydrogen-bond acceptors (Lipinski definition) is 2. The number of para-hydroxylation sites is 1. The van der Waals surface area contributed by atoms with Crippen LogP contribution in [0.1, 0.15) is 47.3 Å². The molecule has 2 aliphatic rings. The highest BCUT2D eigenvalue weighted by Gasteiger charge is 2.32. The maximum Gasteiger partial charge on any atom is 0.135 e. The van der Waals surface area contributed by atoms with Gasteiger partial charge in [0, 0.05) is 35.6 Å². The summed E-state index contributed by atoms with van der Waals surface area (Å²) in [7, 11) is 0. The maximum atomic E-state index is 15.3. The minimum atomic E-state index is -0.973. The van der Waals surface area contributed by atoms with E-state index in [0.29, 0.717) is 0 Å². The highest BCUT2D eigenvalue weighted by atomic mass is 19.1. The highest BCUT2D eigenvalue weighted by molar-refractivity contribution is 5.62. The molecule has 0 radical (unpaired) electrons. The molecule has 0 fully saturated rings. The van der Waals surface area contributed by atoms with E-state index >= 15 is 4.39 Å². The molecule has 1 N–H and O–H groups in total. The van der Waals surface area contributed by atoms with E-state index in [4.69, 9.17) is 0 Å². The first-order chi connectivity index (χ1) is 10.3. The van der Waals surface area contributed by atoms with E-state index in [1.807, 2.05) is 18.2 Å². The van der Waals surface area contributed by atoms with Crippen LogP contribution in [-0.4, -0.2) is 11.5 Å². The number of aromatic nitrogens is 1. The van der Waals surface area contributed by atoms with E-state index in [0.717, 1.165) is 49.2 Å². The first-order valence-corrected chi connectivity index (χ1v) is 7.78. The van der Waals surface area contributed by atoms with Crippen molar-refractivity contribution in [2.45, 2.75) is 37.8 Å². The van der Waals surface area contributed by atoms with Crippen LogP contribution in [0.15, 0.2) is 36.5 Å². The van der Waals surface area contributed by atoms with Gasteiger partial charge in [-0.3, -0.25) is 4.98 Å². The van der Waals surface area contributed by atoms with Gasteiger partial charge < -0.3 is 5.32 Å². The van der Waals surface area contributed by atoms with Crippen molar-refractivity contribution < 1.29 is 4.39 Å². The molecule has 0 bridgehead atoms. The normalized spacial score (nSPS) is 21.3. The number of benzene rings is 1. The first kappa shape index (κ1) is 12.8. The van der Waals surface area contributed by atoms with E-state index in [-0.39, 0.29) is 5.92 Å². The van der Waals surface area contributed by atoms with E-state index < -0.39 is 6.17 Å². The molecule has 1 aliphatic heterocycles. The van der Waals surface area contributed by atoms with E-state index in [2.05, 4.69) is 22.4 Å². The summed E-state index contributed by atoms with van der Waals surface area (Å²) in [5.41, 5.74) is 5.26. The molecule has 0 spiro atoms. The zero-order chi connectivity index (χ0) is 14.2. The van der Waals surface area contributed by atoms with Gasteiger partial charge >= 0.3 is 0 Å². The van der Waals surface area contributed by atoms with Gasteiger partial charge in [-0.05, 0) is 42.9 Å². The number of nitrogens with zero attached hydrogens (tertiary/aromatic N) is 1. The standard InChI is InChI=1S/C18H19FN2/c19-16(15-8-2-5-13-9-11-21-18(13)15)14-7-1-4-12-6-3-10-20-17(12)14/h2-3,5-6,8,10,14,16,21H,1,4,7,9,11H2. The van der Waals surface area contributed by atoms with Crippen molar-refractivity contribution in [3.05, 3.63) is 58.9 Å². The summed E-state index contributed by atoms with van der Waals surface area (Å²) in [4.78, 5) is 4.48. The van der Waals surface area contributed by atoms with Crippen LogP contribution >= 0.6 is 0 Å². The van der Waals surface area contributed by atoms with Crippen molar-refractivity contribution in [3.8, 4) is 0 Å². The van der Waals surface area contributed by atoms with E-state index in [1.54, 1.807) is 6.20 Å². The Morgan fingerprint density at radius 3 is 3.00 bits per heavy atom. The Morgan fingerprint density at radius 2 is 2.05 bits per heavy atom. The number of aryl methyl sites for hydroxylation is 1. The number of anilines is 1. The Hall–Kier alpha value is -1.90. The number of nitrogens with one attached hydrogen (secondary N) is 1. The molecule has 0 amide bonds. The number of alkyl halides is 1. The van der Waals surface area contributed by atoms with Crippen molar-refractivity contribution in [3.63, 3.8) is 0 Å². The Labute approximate surface area is 124 Å². The molecule has 0 saturated heterocycles. The van der Waals surface area contributed by atoms with Crippen molar-refractivity contribution in [1.82, 2.24) is 4.98 Å². The number of rotatable bonds is 2. The van der Waals surface area contributed by atoms with Gasteiger partial charge in [-0.1, -0.05) is 24.3 Å². The molecule has 2 nitrogen and oxygen atoms in total. The molecule has 2 unspecified atom stereocenters. The van der Waals surface area contributed by atoms with Crippen LogP contribution in [0.3, 0.4) is 0 Å². The van der Waals surface area contributed by atoms with Crippen LogP contribution in [0.5, 0.6) is 0 Å². The predicted octanol–water partition coefficient (Wildman–Crippen LogP) is 4.18. The topological polar surface area (TPSA) is 24.9 Å². The van der Waals surface area contributed by atoms with Gasteiger partial charge in [-0.25, -0.2) is 4.39 Å². The van der Waals surface area contributed by atoms with Gasteiger partial charge in [0.05, 0.1) is 0 Å². The number of halogens is 1. The fourth-order valence-electron chi connectivity index (χ4n) is 3.74. The van der Waals surface area contributed by atoms with E-state index in [1.165, 1.54) is 11.1 Å². The molecular formula is C18H19FN2. The second-order valence-corrected chi connectivity index (χ2v) is 6.01. The Morgan fingerprint density at radius 1 is 1.14 bits per heavy atom. The largest absolute Gasteiger partial charge is 0.384 e. The quantitative estimate of drug-likeness (QED) is 0.893. The Kier molecular flexibility index (Phi) is 3.13. The van der Waals surface area contributed by atoms with E-state index in [9.17, 15) is 0 Å². The fraction of sp³-hybridized carbons (Fsp3) is 0.389. The SMILES string of the molecule is FC(c1cccc2c1NCC2)C1CCCc2cccnc21. The average Bonchev–Trinajstić information content (AvgIpc) is 3.02. The second-order valence-electron chi connectivity index (χ2n) is 6.01. The second kappa shape index (κ2) is 5.14. The van der Waals surface area contributed by atoms with Crippen molar-refractivity contribution in [2.24, 2.45) is 0 Å². The van der Waals surface area contributed by atoms with Crippen LogP contribution in [0.4, 0.5) is 10.1 Å². The molecule has 1 aromatic heterocycles. The van der Waals surface area contributed by atoms with Gasteiger partial charge in [0.1, 0.15) is 6.17 Å². The zero-order valence-electron chi connectivity index (χ0n) is 12.0. The van der Waals surface area contributed by atoms with Crippen LogP contribution in [0, 0.1) is 0 Å². The molecule has 21 heavy (non-hydrogen) atoms. The van der Waals surface area contributed by atoms with Gasteiger partial charge in [0.25, 0.3) is 0 Å². The average molecular weight is 282 g/mol. The number of fused-ring (bicyclic) bond motifs is 2. The monoisotopic (exact) mass is 282 g/mol. The minimum absolute atomic E-state index is 0.108. The lowest BCUT2D eigenvalue weighted by Crippen LogP contribution is -2.17. The van der Waals surface area contributed by atoms with Crippen molar-refractivity contribution in [1.29, 1.82) is 0 Å². The molecule has 1 aromatic carbocycles. The van der Waals surface area contributed by atoms with Gasteiger partial charge in [-0.2, -0.15) is 0 Å². The third-order valence-electron chi connectivity index (χ3n) is 4.77. The molecular weight excluding hydrogens is 263 g/mol. The van der Waals surface area contributed by atoms with Gasteiger partial charge in [-0.15, -0.1) is 0 Å². The Balaban J connectivity index is 1.73. The summed E-state index contributed by atoms with van der Waals surface area (Å²) in [6, 6.07) is 10.1. The molecule has 2 atom stereocenters. The molecule has 0 saturated carbocycles. The lowest BCUT2D eigenvalue weighted by molar-refractivity contribution is 0.264. The van der Waals surface area contributed by atoms with Crippen molar-refractivity contribution in [2.75, 3.05) is 11.9 Å². The molecule has 108 valence electrons. The summed E-state index contributed by atoms with van der Waals surface area (Å²) < 4.78 is 15.3. The molecule has 2 heterocycles. The highest BCUT2D eigenvalue weighted by Crippen LogP contribution is 2.44. The third-order valence-corrected chi connectivity index (χ3v) is 4.77. The fourth-order valence-corrected chi connectivity index (χ4v) is 3.74. The zero-order valence-corrected chi connectivity index (χ0v) is 12.0. The van der Waals surface area contributed by atoms with Gasteiger partial charge in [0.15, 0.2) is 0 Å². The molecule has 4 rings (SSSR count). The number of hydrogen-bond donors (Lipinski definition) is 1. The lowest BCUT2D eigenvalue weighted by Gasteiger charge is -2.28. The lowest BCUT2D eigenvalue weighted by atomic mass is 9.81. The summed E-state index contributed by atoms with van der Waals surface area (Å²) >= 11 is 0. The Bertz CT molecular complexity index is 668. The van der Waals surface area contributed by atoms with Gasteiger partial charge in [0.2, 0.25) is 0 Å². The summed E-state index contributed by atoms with van der Waals surface area (Å²) in [5, 5.41) is 3.35.